The fourth-order valence-electron chi connectivity index (χ4n) is 2.89. The van der Waals surface area contributed by atoms with E-state index < -0.39 is 5.97 Å². The van der Waals surface area contributed by atoms with E-state index in [1.807, 2.05) is 54.6 Å². The first-order valence-electron chi connectivity index (χ1n) is 9.10. The van der Waals surface area contributed by atoms with Crippen LogP contribution in [0.2, 0.25) is 0 Å². The highest BCUT2D eigenvalue weighted by Crippen LogP contribution is 2.37. The van der Waals surface area contributed by atoms with Crippen LogP contribution < -0.4 is 14.4 Å². The smallest absolute Gasteiger partial charge is 0.348 e. The molecule has 3 aromatic rings. The zero-order valence-corrected chi connectivity index (χ0v) is 16.6. The molecule has 1 aromatic heterocycles. The molecule has 0 saturated heterocycles. The summed E-state index contributed by atoms with van der Waals surface area (Å²) in [4.78, 5) is 27.4. The number of hydrogen-bond donors (Lipinski definition) is 0. The van der Waals surface area contributed by atoms with Crippen molar-refractivity contribution < 1.29 is 23.8 Å². The molecule has 6 nitrogen and oxygen atoms in total. The van der Waals surface area contributed by atoms with Gasteiger partial charge in [0, 0.05) is 17.6 Å². The van der Waals surface area contributed by atoms with Gasteiger partial charge in [0.25, 0.3) is 5.91 Å². The van der Waals surface area contributed by atoms with Crippen LogP contribution in [0, 0.1) is 0 Å². The molecule has 0 spiro atoms. The molecule has 0 unspecified atom stereocenters. The van der Waals surface area contributed by atoms with E-state index >= 15 is 0 Å². The Kier molecular flexibility index (Phi) is 5.48. The van der Waals surface area contributed by atoms with Crippen LogP contribution in [-0.2, 0) is 9.53 Å². The summed E-state index contributed by atoms with van der Waals surface area (Å²) in [5.41, 5.74) is 1.67. The molecule has 1 amide bonds. The van der Waals surface area contributed by atoms with Crippen LogP contribution in [0.4, 0.5) is 5.69 Å². The molecule has 2 heterocycles. The van der Waals surface area contributed by atoms with Crippen molar-refractivity contribution in [1.82, 2.24) is 0 Å². The van der Waals surface area contributed by atoms with Crippen LogP contribution >= 0.6 is 11.3 Å². The maximum absolute atomic E-state index is 12.4. The van der Waals surface area contributed by atoms with Gasteiger partial charge in [-0.05, 0) is 48.0 Å². The molecular formula is C22H19NO5S. The van der Waals surface area contributed by atoms with Gasteiger partial charge in [0.05, 0.1) is 0 Å². The van der Waals surface area contributed by atoms with Crippen molar-refractivity contribution in [2.75, 3.05) is 31.8 Å². The summed E-state index contributed by atoms with van der Waals surface area (Å²) in [6, 6.07) is 18.4. The highest BCUT2D eigenvalue weighted by molar-refractivity contribution is 7.17. The van der Waals surface area contributed by atoms with E-state index in [9.17, 15) is 9.59 Å². The molecule has 0 atom stereocenters. The second-order valence-electron chi connectivity index (χ2n) is 6.39. The Balaban J connectivity index is 1.39. The number of fused-ring (bicyclic) bond motifs is 1. The lowest BCUT2D eigenvalue weighted by molar-refractivity contribution is -0.121. The van der Waals surface area contributed by atoms with Crippen LogP contribution in [0.25, 0.3) is 10.4 Å². The lowest BCUT2D eigenvalue weighted by Crippen LogP contribution is -2.30. The zero-order chi connectivity index (χ0) is 20.2. The number of para-hydroxylation sites is 1. The third-order valence-electron chi connectivity index (χ3n) is 4.48. The van der Waals surface area contributed by atoms with Gasteiger partial charge in [-0.15, -0.1) is 11.3 Å². The maximum Gasteiger partial charge on any atom is 0.348 e. The molecule has 4 rings (SSSR count). The fraction of sp³-hybridized carbons (Fsp3) is 0.182. The zero-order valence-electron chi connectivity index (χ0n) is 15.8. The minimum Gasteiger partial charge on any atom is -0.486 e. The summed E-state index contributed by atoms with van der Waals surface area (Å²) in [5.74, 6) is 0.597. The maximum atomic E-state index is 12.4. The Morgan fingerprint density at radius 3 is 2.55 bits per heavy atom. The molecule has 0 aliphatic carbocycles. The van der Waals surface area contributed by atoms with Crippen LogP contribution in [0.5, 0.6) is 11.5 Å². The van der Waals surface area contributed by atoms with Gasteiger partial charge in [0.15, 0.2) is 18.1 Å². The van der Waals surface area contributed by atoms with Crippen molar-refractivity contribution in [3.05, 3.63) is 65.5 Å². The number of hydrogen-bond acceptors (Lipinski definition) is 6. The number of nitrogens with zero attached hydrogens (tertiary/aromatic N) is 1. The van der Waals surface area contributed by atoms with Gasteiger partial charge in [-0.1, -0.05) is 18.2 Å². The molecule has 0 N–H and O–H groups in total. The van der Waals surface area contributed by atoms with Gasteiger partial charge in [-0.25, -0.2) is 4.79 Å². The minimum atomic E-state index is -0.520. The summed E-state index contributed by atoms with van der Waals surface area (Å²) in [6.07, 6.45) is 0. The molecule has 0 bridgehead atoms. The number of esters is 1. The fourth-order valence-corrected chi connectivity index (χ4v) is 3.79. The van der Waals surface area contributed by atoms with Gasteiger partial charge < -0.3 is 19.1 Å². The number of ether oxygens (including phenoxy) is 3. The van der Waals surface area contributed by atoms with Crippen molar-refractivity contribution >= 4 is 28.9 Å². The van der Waals surface area contributed by atoms with E-state index in [0.717, 1.165) is 21.9 Å². The number of benzene rings is 2. The molecule has 7 heteroatoms. The van der Waals surface area contributed by atoms with Crippen molar-refractivity contribution in [3.8, 4) is 21.9 Å². The first-order valence-corrected chi connectivity index (χ1v) is 9.92. The van der Waals surface area contributed by atoms with E-state index in [4.69, 9.17) is 14.2 Å². The Labute approximate surface area is 172 Å². The normalized spacial score (nSPS) is 12.3. The van der Waals surface area contributed by atoms with Crippen molar-refractivity contribution in [3.63, 3.8) is 0 Å². The van der Waals surface area contributed by atoms with E-state index in [1.54, 1.807) is 13.1 Å². The van der Waals surface area contributed by atoms with Gasteiger partial charge in [-0.2, -0.15) is 0 Å². The first-order chi connectivity index (χ1) is 14.1. The summed E-state index contributed by atoms with van der Waals surface area (Å²) in [7, 11) is 1.65. The Morgan fingerprint density at radius 2 is 1.76 bits per heavy atom. The summed E-state index contributed by atoms with van der Waals surface area (Å²) >= 11 is 1.31. The van der Waals surface area contributed by atoms with E-state index in [1.165, 1.54) is 16.2 Å². The third kappa shape index (κ3) is 4.25. The lowest BCUT2D eigenvalue weighted by atomic mass is 10.1. The van der Waals surface area contributed by atoms with Crippen LogP contribution in [0.3, 0.4) is 0 Å². The number of amides is 1. The quantitative estimate of drug-likeness (QED) is 0.596. The second-order valence-corrected chi connectivity index (χ2v) is 7.47. The third-order valence-corrected chi connectivity index (χ3v) is 5.59. The summed E-state index contributed by atoms with van der Waals surface area (Å²) < 4.78 is 16.3. The number of anilines is 1. The van der Waals surface area contributed by atoms with E-state index in [0.29, 0.717) is 23.8 Å². The predicted molar refractivity (Wildman–Crippen MR) is 111 cm³/mol. The number of carbonyl (C=O) groups excluding carboxylic acids is 2. The minimum absolute atomic E-state index is 0.298. The number of rotatable bonds is 5. The first kappa shape index (κ1) is 19.0. The SMILES string of the molecule is CN(C(=O)COC(=O)c1ccc(-c2ccc3c(c2)OCCO3)s1)c1ccccc1. The average molecular weight is 409 g/mol. The molecule has 0 radical (unpaired) electrons. The van der Waals surface area contributed by atoms with Crippen molar-refractivity contribution in [1.29, 1.82) is 0 Å². The largest absolute Gasteiger partial charge is 0.486 e. The highest BCUT2D eigenvalue weighted by atomic mass is 32.1. The van der Waals surface area contributed by atoms with Gasteiger partial charge in [-0.3, -0.25) is 4.79 Å². The summed E-state index contributed by atoms with van der Waals surface area (Å²) in [6.45, 7) is 0.741. The Bertz CT molecular complexity index is 1030. The molecule has 1 aliphatic heterocycles. The van der Waals surface area contributed by atoms with Crippen LogP contribution in [-0.4, -0.2) is 38.7 Å². The second kappa shape index (κ2) is 8.36. The Morgan fingerprint density at radius 1 is 1.00 bits per heavy atom. The summed E-state index contributed by atoms with van der Waals surface area (Å²) in [5, 5.41) is 0. The monoisotopic (exact) mass is 409 g/mol. The standard InChI is InChI=1S/C22H19NO5S/c1-23(16-5-3-2-4-6-16)21(24)14-28-22(25)20-10-9-19(29-20)15-7-8-17-18(13-15)27-12-11-26-17/h2-10,13H,11-12,14H2,1H3. The van der Waals surface area contributed by atoms with Gasteiger partial charge in [0.1, 0.15) is 18.1 Å². The van der Waals surface area contributed by atoms with Crippen molar-refractivity contribution in [2.24, 2.45) is 0 Å². The molecule has 0 fully saturated rings. The lowest BCUT2D eigenvalue weighted by Gasteiger charge is -2.18. The molecule has 1 aliphatic rings. The van der Waals surface area contributed by atoms with Crippen molar-refractivity contribution in [2.45, 2.75) is 0 Å². The molecular weight excluding hydrogens is 390 g/mol. The van der Waals surface area contributed by atoms with Gasteiger partial charge in [0.2, 0.25) is 0 Å². The van der Waals surface area contributed by atoms with E-state index in [-0.39, 0.29) is 12.5 Å². The predicted octanol–water partition coefficient (Wildman–Crippen LogP) is 4.01. The van der Waals surface area contributed by atoms with E-state index in [2.05, 4.69) is 0 Å². The molecule has 0 saturated carbocycles. The number of thiophene rings is 1. The molecule has 148 valence electrons. The highest BCUT2D eigenvalue weighted by Gasteiger charge is 2.18. The Hall–Kier alpha value is -3.32. The number of likely N-dealkylation sites (N-methyl/N-ethyl adjacent to an activating group) is 1. The van der Waals surface area contributed by atoms with Gasteiger partial charge >= 0.3 is 5.97 Å². The topological polar surface area (TPSA) is 65.1 Å². The van der Waals surface area contributed by atoms with Crippen LogP contribution in [0.1, 0.15) is 9.67 Å². The number of carbonyl (C=O) groups is 2. The van der Waals surface area contributed by atoms with Crippen LogP contribution in [0.15, 0.2) is 60.7 Å². The molecule has 29 heavy (non-hydrogen) atoms. The average Bonchev–Trinajstić information content (AvgIpc) is 3.27. The molecule has 2 aromatic carbocycles.